The summed E-state index contributed by atoms with van der Waals surface area (Å²) in [5, 5.41) is 2.90. The van der Waals surface area contributed by atoms with Crippen molar-refractivity contribution in [1.82, 2.24) is 14.8 Å². The fourth-order valence-electron chi connectivity index (χ4n) is 2.68. The standard InChI is InChI=1S/C16H19N3O3S/c1-12-17-13(11-23-12)10-15(20)18-5-3-6-19(8-7-18)16(21)14-4-2-9-22-14/h2,4,9,11H,3,5-8,10H2,1H3. The number of thiazole rings is 1. The van der Waals surface area contributed by atoms with Crippen LogP contribution in [0.2, 0.25) is 0 Å². The molecule has 0 saturated carbocycles. The number of aromatic nitrogens is 1. The van der Waals surface area contributed by atoms with Gasteiger partial charge in [-0.25, -0.2) is 4.98 Å². The molecule has 0 aliphatic carbocycles. The SMILES string of the molecule is Cc1nc(CC(=O)N2CCCN(C(=O)c3ccco3)CC2)cs1. The van der Waals surface area contributed by atoms with Crippen molar-refractivity contribution in [2.45, 2.75) is 19.8 Å². The van der Waals surface area contributed by atoms with Crippen LogP contribution in [-0.4, -0.2) is 52.8 Å². The zero-order chi connectivity index (χ0) is 16.2. The van der Waals surface area contributed by atoms with Gasteiger partial charge in [0.1, 0.15) is 0 Å². The number of rotatable bonds is 3. The van der Waals surface area contributed by atoms with Crippen LogP contribution in [0.15, 0.2) is 28.2 Å². The Balaban J connectivity index is 1.57. The van der Waals surface area contributed by atoms with E-state index in [9.17, 15) is 9.59 Å². The van der Waals surface area contributed by atoms with Gasteiger partial charge >= 0.3 is 0 Å². The first kappa shape index (κ1) is 15.7. The molecular weight excluding hydrogens is 314 g/mol. The van der Waals surface area contributed by atoms with Gasteiger partial charge in [0.05, 0.1) is 23.4 Å². The first-order valence-corrected chi connectivity index (χ1v) is 8.53. The summed E-state index contributed by atoms with van der Waals surface area (Å²) in [6, 6.07) is 3.37. The number of amides is 2. The van der Waals surface area contributed by atoms with Gasteiger partial charge in [0.25, 0.3) is 5.91 Å². The number of aryl methyl sites for hydroxylation is 1. The third-order valence-corrected chi connectivity index (χ3v) is 4.69. The molecule has 122 valence electrons. The van der Waals surface area contributed by atoms with E-state index in [2.05, 4.69) is 4.98 Å². The monoisotopic (exact) mass is 333 g/mol. The predicted molar refractivity (Wildman–Crippen MR) is 86.4 cm³/mol. The number of furan rings is 1. The summed E-state index contributed by atoms with van der Waals surface area (Å²) in [6.07, 6.45) is 2.60. The second-order valence-corrected chi connectivity index (χ2v) is 6.60. The van der Waals surface area contributed by atoms with Crippen LogP contribution < -0.4 is 0 Å². The van der Waals surface area contributed by atoms with Gasteiger partial charge < -0.3 is 14.2 Å². The molecule has 0 atom stereocenters. The molecule has 0 radical (unpaired) electrons. The number of hydrogen-bond acceptors (Lipinski definition) is 5. The Morgan fingerprint density at radius 3 is 2.74 bits per heavy atom. The smallest absolute Gasteiger partial charge is 0.289 e. The van der Waals surface area contributed by atoms with Crippen molar-refractivity contribution in [3.8, 4) is 0 Å². The zero-order valence-corrected chi connectivity index (χ0v) is 13.8. The minimum atomic E-state index is -0.112. The molecule has 3 heterocycles. The van der Waals surface area contributed by atoms with Gasteiger partial charge in [-0.3, -0.25) is 9.59 Å². The van der Waals surface area contributed by atoms with E-state index < -0.39 is 0 Å². The minimum absolute atomic E-state index is 0.0718. The van der Waals surface area contributed by atoms with Crippen LogP contribution in [0.3, 0.4) is 0 Å². The lowest BCUT2D eigenvalue weighted by molar-refractivity contribution is -0.130. The topological polar surface area (TPSA) is 66.7 Å². The van der Waals surface area contributed by atoms with Crippen molar-refractivity contribution in [3.63, 3.8) is 0 Å². The first-order valence-electron chi connectivity index (χ1n) is 7.65. The van der Waals surface area contributed by atoms with Crippen molar-refractivity contribution in [2.75, 3.05) is 26.2 Å². The fraction of sp³-hybridized carbons (Fsp3) is 0.438. The van der Waals surface area contributed by atoms with Gasteiger partial charge in [0, 0.05) is 31.6 Å². The van der Waals surface area contributed by atoms with Crippen LogP contribution in [0, 0.1) is 6.92 Å². The molecule has 0 spiro atoms. The Kier molecular flexibility index (Phi) is 4.76. The molecular formula is C16H19N3O3S. The molecule has 2 amide bonds. The number of hydrogen-bond donors (Lipinski definition) is 0. The molecule has 7 heteroatoms. The van der Waals surface area contributed by atoms with Crippen molar-refractivity contribution in [2.24, 2.45) is 0 Å². The fourth-order valence-corrected chi connectivity index (χ4v) is 3.29. The highest BCUT2D eigenvalue weighted by atomic mass is 32.1. The zero-order valence-electron chi connectivity index (χ0n) is 13.0. The molecule has 1 saturated heterocycles. The van der Waals surface area contributed by atoms with Gasteiger partial charge in [-0.15, -0.1) is 11.3 Å². The van der Waals surface area contributed by atoms with Gasteiger partial charge in [0.15, 0.2) is 5.76 Å². The van der Waals surface area contributed by atoms with Gasteiger partial charge in [-0.2, -0.15) is 0 Å². The van der Waals surface area contributed by atoms with Crippen molar-refractivity contribution < 1.29 is 14.0 Å². The highest BCUT2D eigenvalue weighted by Gasteiger charge is 2.24. The number of carbonyl (C=O) groups is 2. The Labute approximate surface area is 138 Å². The van der Waals surface area contributed by atoms with E-state index in [4.69, 9.17) is 4.42 Å². The number of nitrogens with zero attached hydrogens (tertiary/aromatic N) is 3. The minimum Gasteiger partial charge on any atom is -0.459 e. The molecule has 1 aliphatic heterocycles. The summed E-state index contributed by atoms with van der Waals surface area (Å²) in [5.74, 6) is 0.310. The quantitative estimate of drug-likeness (QED) is 0.861. The maximum Gasteiger partial charge on any atom is 0.289 e. The molecule has 1 fully saturated rings. The molecule has 2 aromatic heterocycles. The molecule has 0 bridgehead atoms. The summed E-state index contributed by atoms with van der Waals surface area (Å²) < 4.78 is 5.17. The van der Waals surface area contributed by atoms with Crippen molar-refractivity contribution in [3.05, 3.63) is 40.2 Å². The average Bonchev–Trinajstić information content (AvgIpc) is 3.13. The molecule has 0 N–H and O–H groups in total. The molecule has 2 aromatic rings. The van der Waals surface area contributed by atoms with Crippen LogP contribution >= 0.6 is 11.3 Å². The molecule has 3 rings (SSSR count). The normalized spacial score (nSPS) is 15.5. The molecule has 0 unspecified atom stereocenters. The van der Waals surface area contributed by atoms with Crippen molar-refractivity contribution in [1.29, 1.82) is 0 Å². The van der Waals surface area contributed by atoms with Gasteiger partial charge in [-0.05, 0) is 25.5 Å². The predicted octanol–water partition coefficient (Wildman–Crippen LogP) is 1.96. The largest absolute Gasteiger partial charge is 0.459 e. The average molecular weight is 333 g/mol. The van der Waals surface area contributed by atoms with E-state index in [0.29, 0.717) is 38.4 Å². The summed E-state index contributed by atoms with van der Waals surface area (Å²) in [7, 11) is 0. The van der Waals surface area contributed by atoms with E-state index in [0.717, 1.165) is 17.1 Å². The van der Waals surface area contributed by atoms with E-state index in [1.54, 1.807) is 28.4 Å². The first-order chi connectivity index (χ1) is 11.1. The van der Waals surface area contributed by atoms with E-state index in [-0.39, 0.29) is 11.8 Å². The van der Waals surface area contributed by atoms with E-state index in [1.807, 2.05) is 17.2 Å². The van der Waals surface area contributed by atoms with Gasteiger partial charge in [0.2, 0.25) is 5.91 Å². The lowest BCUT2D eigenvalue weighted by Crippen LogP contribution is -2.37. The highest BCUT2D eigenvalue weighted by molar-refractivity contribution is 7.09. The maximum absolute atomic E-state index is 12.4. The van der Waals surface area contributed by atoms with Crippen LogP contribution in [0.1, 0.15) is 27.7 Å². The maximum atomic E-state index is 12.4. The van der Waals surface area contributed by atoms with E-state index >= 15 is 0 Å². The lowest BCUT2D eigenvalue weighted by Gasteiger charge is -2.21. The Hall–Kier alpha value is -2.15. The van der Waals surface area contributed by atoms with Crippen LogP contribution in [0.5, 0.6) is 0 Å². The summed E-state index contributed by atoms with van der Waals surface area (Å²) in [4.78, 5) is 32.6. The molecule has 1 aliphatic rings. The third kappa shape index (κ3) is 3.79. The molecule has 23 heavy (non-hydrogen) atoms. The Bertz CT molecular complexity index is 681. The highest BCUT2D eigenvalue weighted by Crippen LogP contribution is 2.13. The number of carbonyl (C=O) groups excluding carboxylic acids is 2. The Morgan fingerprint density at radius 1 is 1.26 bits per heavy atom. The molecule has 6 nitrogen and oxygen atoms in total. The van der Waals surface area contributed by atoms with E-state index in [1.165, 1.54) is 6.26 Å². The second-order valence-electron chi connectivity index (χ2n) is 5.54. The molecule has 0 aromatic carbocycles. The second kappa shape index (κ2) is 6.95. The van der Waals surface area contributed by atoms with Gasteiger partial charge in [-0.1, -0.05) is 0 Å². The lowest BCUT2D eigenvalue weighted by atomic mass is 10.3. The summed E-state index contributed by atoms with van der Waals surface area (Å²) >= 11 is 1.55. The summed E-state index contributed by atoms with van der Waals surface area (Å²) in [5.41, 5.74) is 0.824. The van der Waals surface area contributed by atoms with Crippen LogP contribution in [-0.2, 0) is 11.2 Å². The van der Waals surface area contributed by atoms with Crippen molar-refractivity contribution >= 4 is 23.2 Å². The van der Waals surface area contributed by atoms with Crippen LogP contribution in [0.4, 0.5) is 0 Å². The van der Waals surface area contributed by atoms with Crippen LogP contribution in [0.25, 0.3) is 0 Å². The summed E-state index contributed by atoms with van der Waals surface area (Å²) in [6.45, 7) is 4.32. The Morgan fingerprint density at radius 2 is 2.04 bits per heavy atom. The third-order valence-electron chi connectivity index (χ3n) is 3.87.